The van der Waals surface area contributed by atoms with Crippen LogP contribution in [0, 0.1) is 0 Å². The van der Waals surface area contributed by atoms with Gasteiger partial charge >= 0.3 is 5.97 Å². The van der Waals surface area contributed by atoms with Crippen LogP contribution in [0.2, 0.25) is 0 Å². The lowest BCUT2D eigenvalue weighted by Crippen LogP contribution is -2.29. The first-order valence-electron chi connectivity index (χ1n) is 4.53. The number of aryl methyl sites for hydroxylation is 1. The number of aromatic nitrogens is 2. The van der Waals surface area contributed by atoms with Crippen molar-refractivity contribution in [3.8, 4) is 0 Å². The van der Waals surface area contributed by atoms with E-state index in [1.54, 1.807) is 10.9 Å². The highest BCUT2D eigenvalue weighted by Gasteiger charge is 2.14. The maximum atomic E-state index is 10.9. The first kappa shape index (κ1) is 12.0. The number of nitrogens with one attached hydrogen (secondary N) is 1. The summed E-state index contributed by atoms with van der Waals surface area (Å²) in [6.07, 6.45) is 3.66. The number of carbonyl (C=O) groups excluding carboxylic acids is 1. The van der Waals surface area contributed by atoms with Crippen molar-refractivity contribution in [3.63, 3.8) is 0 Å². The highest BCUT2D eigenvalue weighted by molar-refractivity contribution is 6.30. The van der Waals surface area contributed by atoms with Crippen LogP contribution in [0.1, 0.15) is 5.56 Å². The minimum absolute atomic E-state index is 0.378. The van der Waals surface area contributed by atoms with Crippen molar-refractivity contribution in [1.82, 2.24) is 15.1 Å². The molecule has 84 valence electrons. The molecule has 1 aromatic rings. The van der Waals surface area contributed by atoms with Crippen molar-refractivity contribution in [2.75, 3.05) is 13.7 Å². The maximum absolute atomic E-state index is 10.9. The molecule has 0 radical (unpaired) electrons. The molecule has 0 amide bonds. The molecule has 1 aromatic heterocycles. The van der Waals surface area contributed by atoms with Gasteiger partial charge in [-0.05, 0) is 0 Å². The molecular formula is C9H14ClN3O2. The Morgan fingerprint density at radius 3 is 3.07 bits per heavy atom. The summed E-state index contributed by atoms with van der Waals surface area (Å²) in [5.74, 6) is -0.421. The third kappa shape index (κ3) is 3.89. The lowest BCUT2D eigenvalue weighted by atomic mass is 10.3. The van der Waals surface area contributed by atoms with Crippen LogP contribution in [0.3, 0.4) is 0 Å². The van der Waals surface area contributed by atoms with E-state index in [0.717, 1.165) is 5.56 Å². The highest BCUT2D eigenvalue weighted by Crippen LogP contribution is 1.99. The first-order chi connectivity index (χ1) is 7.13. The van der Waals surface area contributed by atoms with Crippen LogP contribution in [0.5, 0.6) is 0 Å². The molecule has 15 heavy (non-hydrogen) atoms. The Bertz CT molecular complexity index is 327. The molecule has 0 aliphatic carbocycles. The average Bonchev–Trinajstić information content (AvgIpc) is 2.63. The molecular weight excluding hydrogens is 218 g/mol. The second-order valence-electron chi connectivity index (χ2n) is 3.14. The fourth-order valence-corrected chi connectivity index (χ4v) is 1.32. The predicted octanol–water partition coefficient (Wildman–Crippen LogP) is 0.290. The molecule has 0 aliphatic heterocycles. The van der Waals surface area contributed by atoms with Gasteiger partial charge in [0.25, 0.3) is 0 Å². The van der Waals surface area contributed by atoms with Gasteiger partial charge in [-0.25, -0.2) is 0 Å². The largest absolute Gasteiger partial charge is 0.468 e. The van der Waals surface area contributed by atoms with Crippen LogP contribution in [0.25, 0.3) is 0 Å². The van der Waals surface area contributed by atoms with E-state index in [1.807, 2.05) is 13.2 Å². The summed E-state index contributed by atoms with van der Waals surface area (Å²) in [4.78, 5) is 10.9. The molecule has 1 atom stereocenters. The van der Waals surface area contributed by atoms with Gasteiger partial charge < -0.3 is 10.1 Å². The molecule has 0 bridgehead atoms. The molecule has 0 spiro atoms. The molecule has 1 heterocycles. The zero-order chi connectivity index (χ0) is 11.3. The number of nitrogens with zero attached hydrogens (tertiary/aromatic N) is 2. The summed E-state index contributed by atoms with van der Waals surface area (Å²) in [7, 11) is 3.17. The van der Waals surface area contributed by atoms with Gasteiger partial charge in [0.05, 0.1) is 13.3 Å². The Hall–Kier alpha value is -1.07. The van der Waals surface area contributed by atoms with Gasteiger partial charge in [-0.15, -0.1) is 11.6 Å². The quantitative estimate of drug-likeness (QED) is 0.585. The third-order valence-electron chi connectivity index (χ3n) is 1.87. The Labute approximate surface area is 93.4 Å². The summed E-state index contributed by atoms with van der Waals surface area (Å²) < 4.78 is 6.21. The zero-order valence-electron chi connectivity index (χ0n) is 8.74. The van der Waals surface area contributed by atoms with Crippen molar-refractivity contribution < 1.29 is 9.53 Å². The van der Waals surface area contributed by atoms with Crippen molar-refractivity contribution in [2.45, 2.75) is 11.9 Å². The van der Waals surface area contributed by atoms with E-state index in [-0.39, 0.29) is 0 Å². The lowest BCUT2D eigenvalue weighted by molar-refractivity contribution is -0.140. The van der Waals surface area contributed by atoms with Gasteiger partial charge in [-0.2, -0.15) is 5.10 Å². The van der Waals surface area contributed by atoms with Crippen molar-refractivity contribution >= 4 is 17.6 Å². The molecule has 0 fully saturated rings. The Morgan fingerprint density at radius 1 is 1.80 bits per heavy atom. The van der Waals surface area contributed by atoms with Crippen LogP contribution in [-0.2, 0) is 23.1 Å². The van der Waals surface area contributed by atoms with Crippen molar-refractivity contribution in [2.24, 2.45) is 7.05 Å². The second-order valence-corrected chi connectivity index (χ2v) is 3.67. The SMILES string of the molecule is COC(=O)C(Cl)CNCc1cnn(C)c1. The smallest absolute Gasteiger partial charge is 0.325 e. The monoisotopic (exact) mass is 231 g/mol. The molecule has 0 saturated carbocycles. The van der Waals surface area contributed by atoms with Crippen LogP contribution >= 0.6 is 11.6 Å². The minimum Gasteiger partial charge on any atom is -0.468 e. The first-order valence-corrected chi connectivity index (χ1v) is 4.97. The van der Waals surface area contributed by atoms with Gasteiger partial charge in [0.2, 0.25) is 0 Å². The average molecular weight is 232 g/mol. The van der Waals surface area contributed by atoms with E-state index in [2.05, 4.69) is 15.2 Å². The predicted molar refractivity (Wildman–Crippen MR) is 56.6 cm³/mol. The number of alkyl halides is 1. The highest BCUT2D eigenvalue weighted by atomic mass is 35.5. The Kier molecular flexibility index (Phi) is 4.58. The topological polar surface area (TPSA) is 56.1 Å². The van der Waals surface area contributed by atoms with Crippen molar-refractivity contribution in [3.05, 3.63) is 18.0 Å². The number of hydrogen-bond acceptors (Lipinski definition) is 4. The van der Waals surface area contributed by atoms with E-state index in [9.17, 15) is 4.79 Å². The fraction of sp³-hybridized carbons (Fsp3) is 0.556. The number of hydrogen-bond donors (Lipinski definition) is 1. The van der Waals surface area contributed by atoms with E-state index < -0.39 is 11.3 Å². The molecule has 0 aliphatic rings. The number of halogens is 1. The van der Waals surface area contributed by atoms with Gasteiger partial charge in [0, 0.05) is 31.9 Å². The number of ether oxygens (including phenoxy) is 1. The van der Waals surface area contributed by atoms with Crippen LogP contribution in [0.15, 0.2) is 12.4 Å². The molecule has 6 heteroatoms. The van der Waals surface area contributed by atoms with Crippen LogP contribution < -0.4 is 5.32 Å². The van der Waals surface area contributed by atoms with Gasteiger partial charge in [0.15, 0.2) is 0 Å². The van der Waals surface area contributed by atoms with Gasteiger partial charge in [-0.1, -0.05) is 0 Å². The van der Waals surface area contributed by atoms with E-state index in [0.29, 0.717) is 13.1 Å². The summed E-state index contributed by atoms with van der Waals surface area (Å²) in [5.41, 5.74) is 1.05. The summed E-state index contributed by atoms with van der Waals surface area (Å²) in [6.45, 7) is 1.01. The number of esters is 1. The third-order valence-corrected chi connectivity index (χ3v) is 2.20. The Balaban J connectivity index is 2.24. The summed E-state index contributed by atoms with van der Waals surface area (Å²) in [5, 5.41) is 6.42. The second kappa shape index (κ2) is 5.72. The standard InChI is InChI=1S/C9H14ClN3O2/c1-13-6-7(4-12-13)3-11-5-8(10)9(14)15-2/h4,6,8,11H,3,5H2,1-2H3. The number of methoxy groups -OCH3 is 1. The normalized spacial score (nSPS) is 12.5. The minimum atomic E-state index is -0.647. The molecule has 1 unspecified atom stereocenters. The number of carbonyl (C=O) groups is 1. The van der Waals surface area contributed by atoms with Gasteiger partial charge in [0.1, 0.15) is 5.38 Å². The molecule has 0 aromatic carbocycles. The van der Waals surface area contributed by atoms with Crippen molar-refractivity contribution in [1.29, 1.82) is 0 Å². The maximum Gasteiger partial charge on any atom is 0.325 e. The van der Waals surface area contributed by atoms with Crippen LogP contribution in [0.4, 0.5) is 0 Å². The van der Waals surface area contributed by atoms with E-state index in [1.165, 1.54) is 7.11 Å². The molecule has 0 saturated heterocycles. The Morgan fingerprint density at radius 2 is 2.53 bits per heavy atom. The molecule has 1 N–H and O–H groups in total. The zero-order valence-corrected chi connectivity index (χ0v) is 9.49. The summed E-state index contributed by atoms with van der Waals surface area (Å²) >= 11 is 5.74. The van der Waals surface area contributed by atoms with Crippen LogP contribution in [-0.4, -0.2) is 34.8 Å². The van der Waals surface area contributed by atoms with E-state index >= 15 is 0 Å². The van der Waals surface area contributed by atoms with Gasteiger partial charge in [-0.3, -0.25) is 9.48 Å². The lowest BCUT2D eigenvalue weighted by Gasteiger charge is -2.07. The van der Waals surface area contributed by atoms with E-state index in [4.69, 9.17) is 11.6 Å². The molecule has 1 rings (SSSR count). The fourth-order valence-electron chi connectivity index (χ4n) is 1.12. The molecule has 5 nitrogen and oxygen atoms in total. The number of rotatable bonds is 5. The summed E-state index contributed by atoms with van der Waals surface area (Å²) in [6, 6.07) is 0.